The first-order valence-electron chi connectivity index (χ1n) is 18.7. The van der Waals surface area contributed by atoms with Gasteiger partial charge in [0.05, 0.1) is 0 Å². The average Bonchev–Trinajstić information content (AvgIpc) is 3.22. The molecule has 252 valence electrons. The number of hydrogen-bond donors (Lipinski definition) is 0. The molecule has 0 heterocycles. The van der Waals surface area contributed by atoms with Crippen LogP contribution < -0.4 is 0 Å². The Balaban J connectivity index is 1.14. The summed E-state index contributed by atoms with van der Waals surface area (Å²) in [6.07, 6.45) is 13.8. The molecular weight excluding hydrogens is 649 g/mol. The third-order valence-corrected chi connectivity index (χ3v) is 10.8. The standard InChI is InChI=1S/C54H36/c1-7-19-46-40(13-1)34-41-14-2-8-20-47(41)52(46)28-25-37-31-38(26-29-53-48-21-9-3-15-42(48)35-43-16-4-10-22-49(43)53)33-39(32-37)27-30-54-50-23-11-5-17-44(50)36-45-18-6-12-24-51(45)54/h1-36H/b28-25+,29-26+,30-27+. The van der Waals surface area contributed by atoms with Gasteiger partial charge in [0, 0.05) is 0 Å². The minimum atomic E-state index is 1.15. The highest BCUT2D eigenvalue weighted by atomic mass is 14.1. The van der Waals surface area contributed by atoms with Gasteiger partial charge in [0.1, 0.15) is 0 Å². The fourth-order valence-electron chi connectivity index (χ4n) is 8.22. The molecule has 10 rings (SSSR count). The zero-order valence-electron chi connectivity index (χ0n) is 29.8. The second-order valence-electron chi connectivity index (χ2n) is 14.1. The van der Waals surface area contributed by atoms with Gasteiger partial charge < -0.3 is 0 Å². The van der Waals surface area contributed by atoms with Crippen molar-refractivity contribution in [1.82, 2.24) is 0 Å². The van der Waals surface area contributed by atoms with Crippen molar-refractivity contribution in [3.05, 3.63) is 215 Å². The van der Waals surface area contributed by atoms with Crippen molar-refractivity contribution in [2.24, 2.45) is 0 Å². The molecule has 0 aliphatic heterocycles. The molecule has 54 heavy (non-hydrogen) atoms. The minimum absolute atomic E-state index is 1.15. The topological polar surface area (TPSA) is 0 Å². The van der Waals surface area contributed by atoms with E-state index >= 15 is 0 Å². The van der Waals surface area contributed by atoms with E-state index in [1.54, 1.807) is 0 Å². The van der Waals surface area contributed by atoms with Gasteiger partial charge in [-0.3, -0.25) is 0 Å². The van der Waals surface area contributed by atoms with E-state index in [1.165, 1.54) is 81.3 Å². The summed E-state index contributed by atoms with van der Waals surface area (Å²) < 4.78 is 0. The summed E-state index contributed by atoms with van der Waals surface area (Å²) in [4.78, 5) is 0. The molecule has 0 heteroatoms. The van der Waals surface area contributed by atoms with Gasteiger partial charge in [0.15, 0.2) is 0 Å². The van der Waals surface area contributed by atoms with Crippen LogP contribution >= 0.6 is 0 Å². The van der Waals surface area contributed by atoms with Crippen molar-refractivity contribution in [2.45, 2.75) is 0 Å². The summed E-state index contributed by atoms with van der Waals surface area (Å²) >= 11 is 0. The van der Waals surface area contributed by atoms with Crippen LogP contribution in [0.2, 0.25) is 0 Å². The maximum Gasteiger partial charge on any atom is -0.00992 e. The molecule has 0 nitrogen and oxygen atoms in total. The predicted molar refractivity (Wildman–Crippen MR) is 238 cm³/mol. The Kier molecular flexibility index (Phi) is 7.93. The third kappa shape index (κ3) is 5.85. The van der Waals surface area contributed by atoms with Crippen LogP contribution in [0.25, 0.3) is 101 Å². The van der Waals surface area contributed by atoms with Crippen LogP contribution in [0, 0.1) is 0 Å². The van der Waals surface area contributed by atoms with Gasteiger partial charge in [-0.15, -0.1) is 0 Å². The van der Waals surface area contributed by atoms with E-state index in [0.29, 0.717) is 0 Å². The highest BCUT2D eigenvalue weighted by Crippen LogP contribution is 2.34. The van der Waals surface area contributed by atoms with Gasteiger partial charge in [-0.2, -0.15) is 0 Å². The number of hydrogen-bond acceptors (Lipinski definition) is 0. The summed E-state index contributed by atoms with van der Waals surface area (Å²) in [7, 11) is 0. The fourth-order valence-corrected chi connectivity index (χ4v) is 8.22. The normalized spacial score (nSPS) is 12.2. The molecule has 0 spiro atoms. The maximum absolute atomic E-state index is 2.30. The zero-order valence-corrected chi connectivity index (χ0v) is 29.8. The van der Waals surface area contributed by atoms with Crippen LogP contribution in [0.1, 0.15) is 33.4 Å². The highest BCUT2D eigenvalue weighted by Gasteiger charge is 2.09. The Hall–Kier alpha value is -7.02. The van der Waals surface area contributed by atoms with Crippen molar-refractivity contribution in [3.63, 3.8) is 0 Å². The van der Waals surface area contributed by atoms with Crippen LogP contribution in [-0.4, -0.2) is 0 Å². The van der Waals surface area contributed by atoms with Crippen molar-refractivity contribution in [3.8, 4) is 0 Å². The SMILES string of the molecule is C(=C\c1c2ccccc2cc2ccccc12)/c1cc(/C=C/c2c3ccccc3cc3ccccc23)cc(/C=C/c2c3ccccc3cc3ccccc23)c1. The van der Waals surface area contributed by atoms with Gasteiger partial charge >= 0.3 is 0 Å². The maximum atomic E-state index is 2.30. The molecule has 0 radical (unpaired) electrons. The van der Waals surface area contributed by atoms with Gasteiger partial charge in [-0.05, 0) is 134 Å². The number of fused-ring (bicyclic) bond motifs is 6. The largest absolute Gasteiger partial charge is 0.0616 e. The smallest absolute Gasteiger partial charge is 0.00992 e. The lowest BCUT2D eigenvalue weighted by atomic mass is 9.94. The molecule has 0 saturated heterocycles. The molecular formula is C54H36. The van der Waals surface area contributed by atoms with Crippen LogP contribution in [-0.2, 0) is 0 Å². The van der Waals surface area contributed by atoms with Crippen LogP contribution in [0.3, 0.4) is 0 Å². The van der Waals surface area contributed by atoms with E-state index in [2.05, 4.69) is 218 Å². The lowest BCUT2D eigenvalue weighted by molar-refractivity contribution is 1.59. The van der Waals surface area contributed by atoms with E-state index in [0.717, 1.165) is 16.7 Å². The van der Waals surface area contributed by atoms with E-state index in [9.17, 15) is 0 Å². The van der Waals surface area contributed by atoms with Crippen LogP contribution in [0.5, 0.6) is 0 Å². The Morgan fingerprint density at radius 1 is 0.204 bits per heavy atom. The van der Waals surface area contributed by atoms with E-state index in [4.69, 9.17) is 0 Å². The summed E-state index contributed by atoms with van der Waals surface area (Å²) in [6.45, 7) is 0. The molecule has 0 atom stereocenters. The Morgan fingerprint density at radius 3 is 0.630 bits per heavy atom. The second kappa shape index (κ2) is 13.5. The lowest BCUT2D eigenvalue weighted by Crippen LogP contribution is -1.86. The van der Waals surface area contributed by atoms with Gasteiger partial charge in [-0.25, -0.2) is 0 Å². The Bertz CT molecular complexity index is 2640. The predicted octanol–water partition coefficient (Wildman–Crippen LogP) is 15.1. The first kappa shape index (κ1) is 31.7. The monoisotopic (exact) mass is 684 g/mol. The quantitative estimate of drug-likeness (QED) is 0.121. The average molecular weight is 685 g/mol. The first-order valence-corrected chi connectivity index (χ1v) is 18.7. The Morgan fingerprint density at radius 2 is 0.407 bits per heavy atom. The number of benzene rings is 10. The fraction of sp³-hybridized carbons (Fsp3) is 0. The molecule has 0 N–H and O–H groups in total. The minimum Gasteiger partial charge on any atom is -0.0616 e. The summed E-state index contributed by atoms with van der Waals surface area (Å²) in [6, 6.07) is 66.0. The lowest BCUT2D eigenvalue weighted by Gasteiger charge is -2.10. The molecule has 0 aliphatic rings. The molecule has 0 bridgehead atoms. The molecule has 0 aromatic heterocycles. The molecule has 10 aromatic rings. The molecule has 0 fully saturated rings. The van der Waals surface area contributed by atoms with Crippen LogP contribution in [0.4, 0.5) is 0 Å². The first-order chi connectivity index (χ1) is 26.7. The molecule has 0 aliphatic carbocycles. The van der Waals surface area contributed by atoms with E-state index < -0.39 is 0 Å². The van der Waals surface area contributed by atoms with Gasteiger partial charge in [0.25, 0.3) is 0 Å². The van der Waals surface area contributed by atoms with Crippen molar-refractivity contribution in [1.29, 1.82) is 0 Å². The Labute approximate surface area is 315 Å². The summed E-state index contributed by atoms with van der Waals surface area (Å²) in [5, 5.41) is 15.1. The molecule has 0 unspecified atom stereocenters. The van der Waals surface area contributed by atoms with Gasteiger partial charge in [-0.1, -0.05) is 182 Å². The number of rotatable bonds is 6. The molecule has 0 amide bonds. The molecule has 0 saturated carbocycles. The van der Waals surface area contributed by atoms with Crippen molar-refractivity contribution >= 4 is 101 Å². The van der Waals surface area contributed by atoms with E-state index in [1.807, 2.05) is 0 Å². The van der Waals surface area contributed by atoms with E-state index in [-0.39, 0.29) is 0 Å². The summed E-state index contributed by atoms with van der Waals surface area (Å²) in [5.74, 6) is 0. The summed E-state index contributed by atoms with van der Waals surface area (Å²) in [5.41, 5.74) is 7.18. The van der Waals surface area contributed by atoms with Crippen molar-refractivity contribution in [2.75, 3.05) is 0 Å². The van der Waals surface area contributed by atoms with Crippen molar-refractivity contribution < 1.29 is 0 Å². The van der Waals surface area contributed by atoms with Crippen LogP contribution in [0.15, 0.2) is 182 Å². The highest BCUT2D eigenvalue weighted by molar-refractivity contribution is 6.10. The third-order valence-electron chi connectivity index (χ3n) is 10.8. The zero-order chi connectivity index (χ0) is 35.8. The van der Waals surface area contributed by atoms with Gasteiger partial charge in [0.2, 0.25) is 0 Å². The second-order valence-corrected chi connectivity index (χ2v) is 14.1. The molecule has 10 aromatic carbocycles.